The number of nitrogens with two attached hydrogens (primary N) is 1. The van der Waals surface area contributed by atoms with Crippen LogP contribution >= 0.6 is 23.2 Å². The minimum atomic E-state index is -1.79. The second kappa shape index (κ2) is 9.99. The lowest BCUT2D eigenvalue weighted by Crippen LogP contribution is -2.57. The van der Waals surface area contributed by atoms with Crippen LogP contribution in [0.5, 0.6) is 0 Å². The summed E-state index contributed by atoms with van der Waals surface area (Å²) in [5, 5.41) is 10.9. The Morgan fingerprint density at radius 2 is 1.30 bits per heavy atom. The van der Waals surface area contributed by atoms with Crippen LogP contribution < -0.4 is 5.73 Å². The zero-order valence-electron chi connectivity index (χ0n) is 22.1. The smallest absolute Gasteiger partial charge is 0.330 e. The number of carbonyl (C=O) groups excluding carboxylic acids is 5. The van der Waals surface area contributed by atoms with E-state index in [0.717, 1.165) is 12.1 Å². The van der Waals surface area contributed by atoms with Crippen LogP contribution in [-0.4, -0.2) is 51.9 Å². The fourth-order valence-corrected chi connectivity index (χ4v) is 7.65. The van der Waals surface area contributed by atoms with Crippen molar-refractivity contribution in [1.82, 2.24) is 4.90 Å². The first-order chi connectivity index (χ1) is 20.4. The molecule has 1 heterocycles. The second-order valence-corrected chi connectivity index (χ2v) is 11.7. The van der Waals surface area contributed by atoms with Crippen LogP contribution in [-0.2, 0) is 33.7 Å². The van der Waals surface area contributed by atoms with E-state index in [1.54, 1.807) is 48.5 Å². The van der Waals surface area contributed by atoms with Gasteiger partial charge in [-0.15, -0.1) is 23.2 Å². The maximum atomic E-state index is 14.2. The summed E-state index contributed by atoms with van der Waals surface area (Å²) in [5.41, 5.74) is 7.40. The summed E-state index contributed by atoms with van der Waals surface area (Å²) in [6.45, 7) is -0.829. The van der Waals surface area contributed by atoms with E-state index in [1.165, 1.54) is 12.1 Å². The van der Waals surface area contributed by atoms with Gasteiger partial charge in [-0.05, 0) is 34.4 Å². The van der Waals surface area contributed by atoms with Crippen LogP contribution in [0, 0.1) is 22.0 Å². The number of likely N-dealkylation sites (tertiary alicyclic amines) is 1. The third kappa shape index (κ3) is 3.99. The van der Waals surface area contributed by atoms with Gasteiger partial charge in [0.1, 0.15) is 15.8 Å². The number of hydrogen-bond acceptors (Lipinski definition) is 8. The van der Waals surface area contributed by atoms with Crippen molar-refractivity contribution in [3.05, 3.63) is 111 Å². The van der Waals surface area contributed by atoms with Gasteiger partial charge in [-0.2, -0.15) is 0 Å². The van der Waals surface area contributed by atoms with Crippen molar-refractivity contribution in [3.63, 3.8) is 0 Å². The number of halogens is 2. The van der Waals surface area contributed by atoms with Gasteiger partial charge >= 0.3 is 5.97 Å². The first kappa shape index (κ1) is 28.5. The average Bonchev–Trinajstić information content (AvgIpc) is 3.27. The molecule has 13 heteroatoms. The number of non-ortho nitro benzene ring substituents is 1. The number of primary amides is 1. The predicted octanol–water partition coefficient (Wildman–Crippen LogP) is 3.16. The molecule has 0 unspecified atom stereocenters. The highest BCUT2D eigenvalue weighted by atomic mass is 35.5. The molecule has 3 aromatic rings. The summed E-state index contributed by atoms with van der Waals surface area (Å²) in [5.74, 6) is -7.05. The Balaban J connectivity index is 1.34. The number of ether oxygens (including phenoxy) is 1. The van der Waals surface area contributed by atoms with Crippen LogP contribution in [0.1, 0.15) is 39.0 Å². The number of carbonyl (C=O) groups is 5. The zero-order valence-corrected chi connectivity index (χ0v) is 23.6. The van der Waals surface area contributed by atoms with Gasteiger partial charge in [0.25, 0.3) is 5.69 Å². The number of nitro groups is 1. The molecule has 0 aromatic heterocycles. The first-order valence-corrected chi connectivity index (χ1v) is 13.8. The number of hydrogen-bond donors (Lipinski definition) is 1. The van der Waals surface area contributed by atoms with E-state index >= 15 is 0 Å². The normalized spacial score (nSPS) is 25.4. The maximum Gasteiger partial charge on any atom is 0.330 e. The zero-order chi connectivity index (χ0) is 30.8. The highest BCUT2D eigenvalue weighted by molar-refractivity contribution is 6.36. The Morgan fingerprint density at radius 3 is 1.70 bits per heavy atom. The van der Waals surface area contributed by atoms with Crippen LogP contribution in [0.15, 0.2) is 72.8 Å². The molecule has 4 aliphatic rings. The molecule has 1 saturated heterocycles. The summed E-state index contributed by atoms with van der Waals surface area (Å²) < 4.78 is 5.16. The minimum Gasteiger partial charge on any atom is -0.456 e. The number of alkyl halides is 2. The third-order valence-corrected chi connectivity index (χ3v) is 9.63. The van der Waals surface area contributed by atoms with E-state index in [2.05, 4.69) is 0 Å². The van der Waals surface area contributed by atoms with Crippen molar-refractivity contribution in [2.24, 2.45) is 17.6 Å². The molecule has 2 bridgehead atoms. The summed E-state index contributed by atoms with van der Waals surface area (Å²) in [6, 6.07) is 16.8. The summed E-state index contributed by atoms with van der Waals surface area (Å²) in [7, 11) is 0. The van der Waals surface area contributed by atoms with Gasteiger partial charge in [-0.3, -0.25) is 34.2 Å². The van der Waals surface area contributed by atoms with E-state index in [9.17, 15) is 34.1 Å². The molecule has 3 aromatic carbocycles. The number of amides is 3. The number of esters is 1. The largest absolute Gasteiger partial charge is 0.456 e. The number of benzene rings is 3. The number of rotatable bonds is 8. The van der Waals surface area contributed by atoms with Crippen LogP contribution in [0.25, 0.3) is 0 Å². The molecule has 0 saturated carbocycles. The molecule has 0 radical (unpaired) electrons. The monoisotopic (exact) mass is 621 g/mol. The summed E-state index contributed by atoms with van der Waals surface area (Å²) >= 11 is 14.8. The van der Waals surface area contributed by atoms with Gasteiger partial charge in [-0.25, -0.2) is 4.79 Å². The molecule has 1 aliphatic heterocycles. The topological polar surface area (TPSA) is 167 Å². The maximum absolute atomic E-state index is 14.2. The van der Waals surface area contributed by atoms with Crippen molar-refractivity contribution in [2.45, 2.75) is 22.2 Å². The Morgan fingerprint density at radius 1 is 0.860 bits per heavy atom. The van der Waals surface area contributed by atoms with E-state index in [-0.39, 0.29) is 11.3 Å². The van der Waals surface area contributed by atoms with Crippen LogP contribution in [0.2, 0.25) is 0 Å². The van der Waals surface area contributed by atoms with Crippen LogP contribution in [0.3, 0.4) is 0 Å². The SMILES string of the molecule is NC(=O)C[C@H](C(=O)OCC(=O)c1ccc([N+](=O)[O-])cc1)N1C(=O)[C@@H]2[C@H](C1=O)C1(Cl)c3ccccc3C2(Cl)c2ccccc21. The molecule has 2 N–H and O–H groups in total. The molecule has 3 aliphatic carbocycles. The fourth-order valence-electron chi connectivity index (χ4n) is 6.55. The first-order valence-electron chi connectivity index (χ1n) is 13.1. The third-order valence-electron chi connectivity index (χ3n) is 8.34. The quantitative estimate of drug-likeness (QED) is 0.0999. The predicted molar refractivity (Wildman–Crippen MR) is 151 cm³/mol. The lowest BCUT2D eigenvalue weighted by Gasteiger charge is -2.54. The van der Waals surface area contributed by atoms with E-state index in [1.807, 2.05) is 0 Å². The van der Waals surface area contributed by atoms with Gasteiger partial charge in [-0.1, -0.05) is 48.5 Å². The lowest BCUT2D eigenvalue weighted by atomic mass is 9.54. The fraction of sp³-hybridized carbons (Fsp3) is 0.233. The highest BCUT2D eigenvalue weighted by Gasteiger charge is 2.73. The van der Waals surface area contributed by atoms with Crippen molar-refractivity contribution in [1.29, 1.82) is 0 Å². The summed E-state index contributed by atoms with van der Waals surface area (Å²) in [6.07, 6.45) is -0.772. The van der Waals surface area contributed by atoms with Crippen molar-refractivity contribution in [2.75, 3.05) is 6.61 Å². The molecule has 218 valence electrons. The lowest BCUT2D eigenvalue weighted by molar-refractivity contribution is -0.384. The van der Waals surface area contributed by atoms with Crippen molar-refractivity contribution >= 4 is 58.4 Å². The van der Waals surface area contributed by atoms with Gasteiger partial charge in [0.2, 0.25) is 17.7 Å². The molecule has 11 nitrogen and oxygen atoms in total. The molecular weight excluding hydrogens is 601 g/mol. The molecule has 0 spiro atoms. The molecule has 3 amide bonds. The highest BCUT2D eigenvalue weighted by Crippen LogP contribution is 2.69. The van der Waals surface area contributed by atoms with E-state index in [4.69, 9.17) is 33.7 Å². The van der Waals surface area contributed by atoms with Gasteiger partial charge in [0.05, 0.1) is 23.2 Å². The molecule has 3 atom stereocenters. The Kier molecular flexibility index (Phi) is 6.62. The standard InChI is InChI=1S/C30H21Cl2N3O8/c31-29-17-5-1-2-6-18(17)30(32,20-8-4-3-7-19(20)29)25-24(29)26(38)34(27(25)39)21(13-23(33)37)28(40)43-14-22(36)15-9-11-16(12-10-15)35(41)42/h1-12,21,24-25H,13-14H2,(H2,33,37)/t21-,24-,25+,29?,30?/m1/s1. The van der Waals surface area contributed by atoms with Crippen LogP contribution in [0.4, 0.5) is 5.69 Å². The number of nitro benzene ring substituents is 1. The molecular formula is C30H21Cl2N3O8. The van der Waals surface area contributed by atoms with Crippen molar-refractivity contribution in [3.8, 4) is 0 Å². The van der Waals surface area contributed by atoms with Gasteiger partial charge in [0.15, 0.2) is 12.4 Å². The molecule has 7 rings (SSSR count). The number of Topliss-reactive ketones (excluding diaryl/α,β-unsaturated/α-hetero) is 1. The van der Waals surface area contributed by atoms with Gasteiger partial charge < -0.3 is 10.5 Å². The van der Waals surface area contributed by atoms with E-state index in [0.29, 0.717) is 27.2 Å². The van der Waals surface area contributed by atoms with E-state index < -0.39 is 75.1 Å². The average molecular weight is 622 g/mol. The molecule has 43 heavy (non-hydrogen) atoms. The number of ketones is 1. The second-order valence-electron chi connectivity index (χ2n) is 10.5. The number of imide groups is 1. The minimum absolute atomic E-state index is 0.0180. The Labute approximate surface area is 253 Å². The Hall–Kier alpha value is -4.61. The summed E-state index contributed by atoms with van der Waals surface area (Å²) in [4.78, 5) is 74.2. The van der Waals surface area contributed by atoms with Crippen molar-refractivity contribution < 1.29 is 33.6 Å². The van der Waals surface area contributed by atoms with Gasteiger partial charge in [0, 0.05) is 17.7 Å². The molecule has 1 fully saturated rings. The number of nitrogens with zero attached hydrogens (tertiary/aromatic N) is 2. The Bertz CT molecular complexity index is 1640.